The molecule has 0 radical (unpaired) electrons. The molecule has 0 aliphatic heterocycles. The van der Waals surface area contributed by atoms with Gasteiger partial charge in [0.1, 0.15) is 0 Å². The Kier molecular flexibility index (Phi) is 6.14. The molecular weight excluding hydrogens is 252 g/mol. The molecule has 0 spiro atoms. The van der Waals surface area contributed by atoms with Gasteiger partial charge in [0.25, 0.3) is 0 Å². The highest BCUT2D eigenvalue weighted by atomic mass is 32.2. The van der Waals surface area contributed by atoms with Crippen molar-refractivity contribution in [1.82, 2.24) is 0 Å². The molecule has 0 aliphatic carbocycles. The highest BCUT2D eigenvalue weighted by Gasteiger charge is 2.10. The van der Waals surface area contributed by atoms with Crippen LogP contribution in [0.2, 0.25) is 0 Å². The molecule has 0 saturated carbocycles. The third kappa shape index (κ3) is 5.14. The van der Waals surface area contributed by atoms with Gasteiger partial charge in [-0.1, -0.05) is 36.8 Å². The summed E-state index contributed by atoms with van der Waals surface area (Å²) in [6.07, 6.45) is 3.39. The van der Waals surface area contributed by atoms with Crippen LogP contribution in [0.5, 0.6) is 0 Å². The Hall–Kier alpha value is -1.62. The second-order valence-corrected chi connectivity index (χ2v) is 4.97. The van der Waals surface area contributed by atoms with E-state index in [1.54, 1.807) is 0 Å². The van der Waals surface area contributed by atoms with Crippen molar-refractivity contribution in [2.45, 2.75) is 32.1 Å². The Bertz CT molecular complexity index is 509. The minimum absolute atomic E-state index is 0.111. The van der Waals surface area contributed by atoms with Crippen LogP contribution in [0.1, 0.15) is 31.2 Å². The molecule has 0 atom stereocenters. The normalized spacial score (nSPS) is 10.0. The molecule has 5 heteroatoms. The summed E-state index contributed by atoms with van der Waals surface area (Å²) in [5, 5.41) is 8.65. The predicted octanol–water partition coefficient (Wildman–Crippen LogP) is 1.93. The van der Waals surface area contributed by atoms with Gasteiger partial charge in [0, 0.05) is 0 Å². The lowest BCUT2D eigenvalue weighted by Gasteiger charge is -2.01. The molecule has 0 heterocycles. The Labute approximate surface area is 108 Å². The Balaban J connectivity index is 2.28. The number of benzene rings is 1. The van der Waals surface area contributed by atoms with Gasteiger partial charge in [-0.05, 0) is 31.2 Å². The summed E-state index contributed by atoms with van der Waals surface area (Å²) in [4.78, 5) is 10.2. The van der Waals surface area contributed by atoms with Crippen molar-refractivity contribution in [3.05, 3.63) is 35.9 Å². The maximum atomic E-state index is 10.6. The zero-order valence-electron chi connectivity index (χ0n) is 10.0. The molecule has 1 N–H and O–H groups in total. The Morgan fingerprint density at radius 3 is 2.28 bits per heavy atom. The Morgan fingerprint density at radius 2 is 1.72 bits per heavy atom. The van der Waals surface area contributed by atoms with Gasteiger partial charge in [-0.25, -0.2) is 4.79 Å². The van der Waals surface area contributed by atoms with Crippen molar-refractivity contribution in [1.29, 1.82) is 0 Å². The monoisotopic (exact) mass is 268 g/mol. The first-order chi connectivity index (χ1) is 8.61. The predicted molar refractivity (Wildman–Crippen MR) is 70.2 cm³/mol. The minimum atomic E-state index is -2.61. The maximum absolute atomic E-state index is 10.6. The average molecular weight is 268 g/mol. The highest BCUT2D eigenvalue weighted by Crippen LogP contribution is 2.08. The summed E-state index contributed by atoms with van der Waals surface area (Å²) in [5.41, 5.74) is 1.24. The summed E-state index contributed by atoms with van der Waals surface area (Å²) < 4.78 is 21.2. The molecule has 1 aromatic carbocycles. The molecule has 18 heavy (non-hydrogen) atoms. The first-order valence-corrected chi connectivity index (χ1v) is 6.91. The number of carboxylic acid groups (broad SMARTS) is 1. The van der Waals surface area contributed by atoms with Crippen LogP contribution in [-0.4, -0.2) is 24.4 Å². The molecule has 98 valence electrons. The van der Waals surface area contributed by atoms with Gasteiger partial charge in [-0.3, -0.25) is 0 Å². The van der Waals surface area contributed by atoms with Gasteiger partial charge in [-0.2, -0.15) is 8.42 Å². The fourth-order valence-corrected chi connectivity index (χ4v) is 2.15. The van der Waals surface area contributed by atoms with Crippen LogP contribution in [0.15, 0.2) is 30.3 Å². The van der Waals surface area contributed by atoms with Crippen LogP contribution in [0.25, 0.3) is 0 Å². The van der Waals surface area contributed by atoms with Crippen LogP contribution in [0.3, 0.4) is 0 Å². The van der Waals surface area contributed by atoms with E-state index < -0.39 is 21.1 Å². The van der Waals surface area contributed by atoms with Crippen molar-refractivity contribution in [2.75, 3.05) is 0 Å². The molecular formula is C13H16O4S. The lowest BCUT2D eigenvalue weighted by molar-refractivity contribution is -0.129. The second-order valence-electron chi connectivity index (χ2n) is 4.01. The third-order valence-electron chi connectivity index (χ3n) is 2.65. The first kappa shape index (κ1) is 14.4. The standard InChI is InChI=1S/C13H16O4S/c14-13(15)12(18(16)17)10-6-2-5-9-11-7-3-1-4-8-11/h1,3-4,7-8H,2,5-6,9-10H2,(H,14,15). The number of aliphatic carboxylic acids is 1. The lowest BCUT2D eigenvalue weighted by atomic mass is 10.1. The number of carbonyl (C=O) groups is 1. The molecule has 0 aromatic heterocycles. The molecule has 4 nitrogen and oxygen atoms in total. The van der Waals surface area contributed by atoms with E-state index >= 15 is 0 Å². The van der Waals surface area contributed by atoms with Gasteiger partial charge < -0.3 is 5.11 Å². The van der Waals surface area contributed by atoms with Gasteiger partial charge >= 0.3 is 5.97 Å². The number of rotatable bonds is 7. The largest absolute Gasteiger partial charge is 0.477 e. The first-order valence-electron chi connectivity index (χ1n) is 5.83. The van der Waals surface area contributed by atoms with Gasteiger partial charge in [0.15, 0.2) is 4.86 Å². The topological polar surface area (TPSA) is 71.4 Å². The summed E-state index contributed by atoms with van der Waals surface area (Å²) in [5.74, 6) is -1.34. The van der Waals surface area contributed by atoms with Crippen LogP contribution in [0, 0.1) is 0 Å². The van der Waals surface area contributed by atoms with E-state index in [2.05, 4.69) is 0 Å². The van der Waals surface area contributed by atoms with E-state index in [1.165, 1.54) is 5.56 Å². The Morgan fingerprint density at radius 1 is 1.06 bits per heavy atom. The van der Waals surface area contributed by atoms with Crippen molar-refractivity contribution in [2.24, 2.45) is 0 Å². The number of carboxylic acids is 1. The van der Waals surface area contributed by atoms with Crippen molar-refractivity contribution < 1.29 is 18.3 Å². The summed E-state index contributed by atoms with van der Waals surface area (Å²) in [6, 6.07) is 10.0. The fourth-order valence-electron chi connectivity index (χ4n) is 1.70. The molecule has 0 unspecified atom stereocenters. The number of aryl methyl sites for hydroxylation is 1. The SMILES string of the molecule is O=C(O)C(CCCCCc1ccccc1)=S(=O)=O. The number of hydrogen-bond acceptors (Lipinski definition) is 3. The number of unbranched alkanes of at least 4 members (excludes halogenated alkanes) is 2. The highest BCUT2D eigenvalue weighted by molar-refractivity contribution is 7.74. The quantitative estimate of drug-likeness (QED) is 0.606. The van der Waals surface area contributed by atoms with E-state index in [1.807, 2.05) is 30.3 Å². The van der Waals surface area contributed by atoms with E-state index in [9.17, 15) is 13.2 Å². The molecule has 0 aliphatic rings. The van der Waals surface area contributed by atoms with Crippen LogP contribution in [0.4, 0.5) is 0 Å². The zero-order chi connectivity index (χ0) is 13.4. The molecule has 0 fully saturated rings. The zero-order valence-corrected chi connectivity index (χ0v) is 10.8. The average Bonchev–Trinajstić information content (AvgIpc) is 2.34. The smallest absolute Gasteiger partial charge is 0.347 e. The minimum Gasteiger partial charge on any atom is -0.477 e. The maximum Gasteiger partial charge on any atom is 0.347 e. The van der Waals surface area contributed by atoms with Crippen molar-refractivity contribution >= 4 is 21.1 Å². The summed E-state index contributed by atoms with van der Waals surface area (Å²) in [6.45, 7) is 0. The third-order valence-corrected chi connectivity index (χ3v) is 3.43. The second kappa shape index (κ2) is 7.66. The van der Waals surface area contributed by atoms with E-state index in [0.717, 1.165) is 19.3 Å². The van der Waals surface area contributed by atoms with Crippen molar-refractivity contribution in [3.8, 4) is 0 Å². The molecule has 0 bridgehead atoms. The molecule has 1 rings (SSSR count). The molecule has 0 saturated heterocycles. The van der Waals surface area contributed by atoms with Crippen LogP contribution >= 0.6 is 0 Å². The molecule has 1 aromatic rings. The van der Waals surface area contributed by atoms with Gasteiger partial charge in [-0.15, -0.1) is 0 Å². The van der Waals surface area contributed by atoms with Gasteiger partial charge in [0.2, 0.25) is 10.3 Å². The fraction of sp³-hybridized carbons (Fsp3) is 0.385. The van der Waals surface area contributed by atoms with E-state index in [0.29, 0.717) is 6.42 Å². The summed E-state index contributed by atoms with van der Waals surface area (Å²) in [7, 11) is -2.61. The van der Waals surface area contributed by atoms with Crippen LogP contribution in [-0.2, 0) is 21.5 Å². The number of hydrogen-bond donors (Lipinski definition) is 1. The lowest BCUT2D eigenvalue weighted by Crippen LogP contribution is -2.13. The van der Waals surface area contributed by atoms with Crippen molar-refractivity contribution in [3.63, 3.8) is 0 Å². The van der Waals surface area contributed by atoms with Crippen LogP contribution < -0.4 is 0 Å². The summed E-state index contributed by atoms with van der Waals surface area (Å²) >= 11 is 0. The molecule has 0 amide bonds. The van der Waals surface area contributed by atoms with E-state index in [-0.39, 0.29) is 6.42 Å². The van der Waals surface area contributed by atoms with E-state index in [4.69, 9.17) is 5.11 Å². The van der Waals surface area contributed by atoms with Gasteiger partial charge in [0.05, 0.1) is 0 Å².